The molecule has 0 fully saturated rings. The third-order valence-corrected chi connectivity index (χ3v) is 3.48. The summed E-state index contributed by atoms with van der Waals surface area (Å²) in [5, 5.41) is 0. The molecule has 0 saturated carbocycles. The Morgan fingerprint density at radius 1 is 1.08 bits per heavy atom. The number of aryl methyl sites for hydroxylation is 2. The summed E-state index contributed by atoms with van der Waals surface area (Å²) >= 11 is 0. The Labute approximate surface area is 147 Å². The number of nitrogens with one attached hydrogen (secondary N) is 2. The quantitative estimate of drug-likeness (QED) is 0.814. The highest BCUT2D eigenvalue weighted by Gasteiger charge is 2.32. The fourth-order valence-corrected chi connectivity index (χ4v) is 1.88. The highest BCUT2D eigenvalue weighted by Crippen LogP contribution is 2.27. The second kappa shape index (κ2) is 7.85. The molecule has 2 N–H and O–H groups in total. The number of benzene rings is 1. The summed E-state index contributed by atoms with van der Waals surface area (Å²) in [5.74, 6) is -0.927. The summed E-state index contributed by atoms with van der Waals surface area (Å²) in [6.07, 6.45) is -3.81. The predicted molar refractivity (Wildman–Crippen MR) is 86.3 cm³/mol. The Kier molecular flexibility index (Phi) is 5.81. The molecule has 26 heavy (non-hydrogen) atoms. The lowest BCUT2D eigenvalue weighted by Crippen LogP contribution is -2.43. The molecular formula is C17H16F3N3O3. The van der Waals surface area contributed by atoms with Crippen LogP contribution >= 0.6 is 0 Å². The topological polar surface area (TPSA) is 80.3 Å². The molecule has 0 aliphatic heterocycles. The Bertz CT molecular complexity index is 805. The van der Waals surface area contributed by atoms with Crippen LogP contribution in [0.2, 0.25) is 0 Å². The van der Waals surface area contributed by atoms with Crippen LogP contribution in [-0.4, -0.2) is 23.4 Å². The number of nitrogens with zero attached hydrogens (tertiary/aromatic N) is 1. The molecular weight excluding hydrogens is 351 g/mol. The van der Waals surface area contributed by atoms with Crippen LogP contribution < -0.4 is 15.6 Å². The lowest BCUT2D eigenvalue weighted by molar-refractivity contribution is -0.141. The Morgan fingerprint density at radius 2 is 1.81 bits per heavy atom. The van der Waals surface area contributed by atoms with Gasteiger partial charge in [-0.3, -0.25) is 25.4 Å². The van der Waals surface area contributed by atoms with Gasteiger partial charge in [0.25, 0.3) is 11.8 Å². The molecule has 0 spiro atoms. The van der Waals surface area contributed by atoms with Crippen molar-refractivity contribution in [3.05, 3.63) is 58.9 Å². The molecule has 0 aliphatic rings. The zero-order valence-electron chi connectivity index (χ0n) is 14.0. The van der Waals surface area contributed by atoms with Crippen LogP contribution in [-0.2, 0) is 11.0 Å². The van der Waals surface area contributed by atoms with E-state index in [4.69, 9.17) is 4.74 Å². The first-order chi connectivity index (χ1) is 12.2. The van der Waals surface area contributed by atoms with Gasteiger partial charge in [-0.15, -0.1) is 0 Å². The van der Waals surface area contributed by atoms with Crippen molar-refractivity contribution in [1.29, 1.82) is 0 Å². The number of hydrogen-bond acceptors (Lipinski definition) is 4. The zero-order valence-corrected chi connectivity index (χ0v) is 14.0. The first-order valence-electron chi connectivity index (χ1n) is 7.49. The van der Waals surface area contributed by atoms with Crippen molar-refractivity contribution in [2.75, 3.05) is 6.61 Å². The molecule has 2 amide bonds. The number of carbonyl (C=O) groups is 2. The van der Waals surface area contributed by atoms with Gasteiger partial charge in [-0.2, -0.15) is 13.2 Å². The smallest absolute Gasteiger partial charge is 0.433 e. The number of hydrazine groups is 1. The van der Waals surface area contributed by atoms with E-state index in [2.05, 4.69) is 15.8 Å². The van der Waals surface area contributed by atoms with Crippen LogP contribution in [0.4, 0.5) is 13.2 Å². The molecule has 0 bridgehead atoms. The molecule has 1 aromatic heterocycles. The molecule has 0 atom stereocenters. The first-order valence-corrected chi connectivity index (χ1v) is 7.49. The molecule has 138 valence electrons. The molecule has 0 aliphatic carbocycles. The van der Waals surface area contributed by atoms with Crippen molar-refractivity contribution in [3.63, 3.8) is 0 Å². The van der Waals surface area contributed by atoms with Crippen molar-refractivity contribution >= 4 is 11.8 Å². The zero-order chi connectivity index (χ0) is 19.3. The summed E-state index contributed by atoms with van der Waals surface area (Å²) in [7, 11) is 0. The Balaban J connectivity index is 1.82. The minimum absolute atomic E-state index is 0.131. The average molecular weight is 367 g/mol. The summed E-state index contributed by atoms with van der Waals surface area (Å²) in [6.45, 7) is 3.51. The molecule has 1 heterocycles. The van der Waals surface area contributed by atoms with Crippen LogP contribution in [0.15, 0.2) is 36.5 Å². The molecule has 6 nitrogen and oxygen atoms in total. The number of halogens is 3. The number of rotatable bonds is 4. The predicted octanol–water partition coefficient (Wildman–Crippen LogP) is 2.56. The second-order valence-corrected chi connectivity index (χ2v) is 5.47. The summed E-state index contributed by atoms with van der Waals surface area (Å²) in [4.78, 5) is 26.6. The summed E-state index contributed by atoms with van der Waals surface area (Å²) in [6, 6.07) is 6.97. The van der Waals surface area contributed by atoms with E-state index in [1.165, 1.54) is 0 Å². The van der Waals surface area contributed by atoms with Gasteiger partial charge in [0.15, 0.2) is 6.61 Å². The van der Waals surface area contributed by atoms with Crippen molar-refractivity contribution in [2.24, 2.45) is 0 Å². The highest BCUT2D eigenvalue weighted by atomic mass is 19.4. The molecule has 2 aromatic rings. The third kappa shape index (κ3) is 5.20. The van der Waals surface area contributed by atoms with E-state index < -0.39 is 23.7 Å². The van der Waals surface area contributed by atoms with E-state index in [1.807, 2.05) is 19.9 Å². The van der Waals surface area contributed by atoms with Crippen LogP contribution in [0, 0.1) is 13.8 Å². The summed E-state index contributed by atoms with van der Waals surface area (Å²) < 4.78 is 42.5. The highest BCUT2D eigenvalue weighted by molar-refractivity contribution is 5.95. The minimum atomic E-state index is -4.59. The minimum Gasteiger partial charge on any atom is -0.484 e. The van der Waals surface area contributed by atoms with Gasteiger partial charge >= 0.3 is 6.18 Å². The fraction of sp³-hybridized carbons (Fsp3) is 0.235. The maximum Gasteiger partial charge on any atom is 0.433 e. The van der Waals surface area contributed by atoms with Crippen LogP contribution in [0.1, 0.15) is 27.2 Å². The average Bonchev–Trinajstić information content (AvgIpc) is 2.60. The number of aromatic nitrogens is 1. The van der Waals surface area contributed by atoms with Crippen LogP contribution in [0.5, 0.6) is 5.75 Å². The van der Waals surface area contributed by atoms with E-state index in [0.717, 1.165) is 23.4 Å². The van der Waals surface area contributed by atoms with Gasteiger partial charge in [-0.25, -0.2) is 0 Å². The summed E-state index contributed by atoms with van der Waals surface area (Å²) in [5.41, 5.74) is 5.03. The van der Waals surface area contributed by atoms with Crippen LogP contribution in [0.3, 0.4) is 0 Å². The second-order valence-electron chi connectivity index (χ2n) is 5.47. The maximum absolute atomic E-state index is 12.4. The lowest BCUT2D eigenvalue weighted by atomic mass is 10.1. The normalized spacial score (nSPS) is 11.0. The van der Waals surface area contributed by atoms with Gasteiger partial charge in [-0.1, -0.05) is 6.07 Å². The molecule has 0 radical (unpaired) electrons. The van der Waals surface area contributed by atoms with Gasteiger partial charge < -0.3 is 4.74 Å². The monoisotopic (exact) mass is 367 g/mol. The number of amides is 2. The largest absolute Gasteiger partial charge is 0.484 e. The third-order valence-electron chi connectivity index (χ3n) is 3.48. The van der Waals surface area contributed by atoms with E-state index in [1.54, 1.807) is 12.1 Å². The van der Waals surface area contributed by atoms with Crippen LogP contribution in [0.25, 0.3) is 0 Å². The van der Waals surface area contributed by atoms with Gasteiger partial charge in [0.2, 0.25) is 0 Å². The number of pyridine rings is 1. The van der Waals surface area contributed by atoms with E-state index >= 15 is 0 Å². The number of alkyl halides is 3. The van der Waals surface area contributed by atoms with E-state index in [-0.39, 0.29) is 12.2 Å². The maximum atomic E-state index is 12.4. The van der Waals surface area contributed by atoms with E-state index in [9.17, 15) is 22.8 Å². The lowest BCUT2D eigenvalue weighted by Gasteiger charge is -2.10. The number of ether oxygens (including phenoxy) is 1. The van der Waals surface area contributed by atoms with Crippen molar-refractivity contribution in [1.82, 2.24) is 15.8 Å². The molecule has 9 heteroatoms. The Hall–Kier alpha value is -3.10. The molecule has 0 saturated heterocycles. The van der Waals surface area contributed by atoms with Crippen molar-refractivity contribution < 1.29 is 27.5 Å². The van der Waals surface area contributed by atoms with Gasteiger partial charge in [-0.05, 0) is 49.2 Å². The fourth-order valence-electron chi connectivity index (χ4n) is 1.88. The molecule has 1 aromatic carbocycles. The standard InChI is InChI=1S/C17H16F3N3O3/c1-10-3-5-13(7-11(10)2)26-9-15(24)22-23-16(25)12-4-6-14(21-8-12)17(18,19)20/h3-8H,9H2,1-2H3,(H,22,24)(H,23,25). The first kappa shape index (κ1) is 19.2. The van der Waals surface area contributed by atoms with Crippen molar-refractivity contribution in [3.8, 4) is 5.75 Å². The van der Waals surface area contributed by atoms with Gasteiger partial charge in [0, 0.05) is 6.20 Å². The van der Waals surface area contributed by atoms with Gasteiger partial charge in [0.1, 0.15) is 11.4 Å². The van der Waals surface area contributed by atoms with E-state index in [0.29, 0.717) is 11.8 Å². The SMILES string of the molecule is Cc1ccc(OCC(=O)NNC(=O)c2ccc(C(F)(F)F)nc2)cc1C. The number of carbonyl (C=O) groups excluding carboxylic acids is 2. The van der Waals surface area contributed by atoms with Crippen molar-refractivity contribution in [2.45, 2.75) is 20.0 Å². The Morgan fingerprint density at radius 3 is 2.38 bits per heavy atom. The molecule has 2 rings (SSSR count). The number of hydrogen-bond donors (Lipinski definition) is 2. The molecule has 0 unspecified atom stereocenters. The van der Waals surface area contributed by atoms with Gasteiger partial charge in [0.05, 0.1) is 5.56 Å².